The van der Waals surface area contributed by atoms with Gasteiger partial charge < -0.3 is 10.1 Å². The number of sulfonamides is 1. The molecule has 1 aliphatic rings. The van der Waals surface area contributed by atoms with Crippen molar-refractivity contribution in [3.05, 3.63) is 29.8 Å². The van der Waals surface area contributed by atoms with E-state index in [-0.39, 0.29) is 12.5 Å². The molecular weight excluding hydrogens is 342 g/mol. The number of carbonyl (C=O) groups excluding carboxylic acids is 1. The molecule has 7 nitrogen and oxygen atoms in total. The molecule has 140 valence electrons. The third-order valence-corrected chi connectivity index (χ3v) is 5.48. The van der Waals surface area contributed by atoms with E-state index in [1.165, 1.54) is 4.31 Å². The van der Waals surface area contributed by atoms with Crippen molar-refractivity contribution in [1.82, 2.24) is 9.21 Å². The summed E-state index contributed by atoms with van der Waals surface area (Å²) in [5.41, 5.74) is 1.76. The number of para-hydroxylation sites is 1. The van der Waals surface area contributed by atoms with Crippen molar-refractivity contribution in [3.8, 4) is 0 Å². The quantitative estimate of drug-likeness (QED) is 0.733. The van der Waals surface area contributed by atoms with Gasteiger partial charge in [-0.25, -0.2) is 8.42 Å². The minimum atomic E-state index is -3.45. The molecule has 8 heteroatoms. The van der Waals surface area contributed by atoms with Gasteiger partial charge in [-0.05, 0) is 18.1 Å². The summed E-state index contributed by atoms with van der Waals surface area (Å²) in [5, 5.41) is 2.82. The van der Waals surface area contributed by atoms with Crippen LogP contribution in [0.3, 0.4) is 0 Å². The first kappa shape index (κ1) is 19.8. The van der Waals surface area contributed by atoms with Gasteiger partial charge in [0, 0.05) is 31.9 Å². The lowest BCUT2D eigenvalue weighted by Crippen LogP contribution is -2.45. The van der Waals surface area contributed by atoms with Crippen LogP contribution in [-0.2, 0) is 26.0 Å². The highest BCUT2D eigenvalue weighted by molar-refractivity contribution is 7.88. The van der Waals surface area contributed by atoms with Crippen LogP contribution >= 0.6 is 0 Å². The average Bonchev–Trinajstić information content (AvgIpc) is 2.59. The van der Waals surface area contributed by atoms with Gasteiger partial charge in [-0.2, -0.15) is 4.31 Å². The van der Waals surface area contributed by atoms with Crippen molar-refractivity contribution in [2.24, 2.45) is 0 Å². The number of anilines is 1. The molecule has 0 aromatic heterocycles. The summed E-state index contributed by atoms with van der Waals surface area (Å²) >= 11 is 0. The highest BCUT2D eigenvalue weighted by Crippen LogP contribution is 2.15. The van der Waals surface area contributed by atoms with Crippen LogP contribution in [0.1, 0.15) is 12.5 Å². The number of ether oxygens (including phenoxy) is 1. The monoisotopic (exact) mass is 369 g/mol. The van der Waals surface area contributed by atoms with E-state index in [1.54, 1.807) is 0 Å². The second-order valence-electron chi connectivity index (χ2n) is 6.11. The van der Waals surface area contributed by atoms with Gasteiger partial charge in [-0.15, -0.1) is 0 Å². The van der Waals surface area contributed by atoms with Gasteiger partial charge in [0.25, 0.3) is 0 Å². The van der Waals surface area contributed by atoms with Gasteiger partial charge in [0.15, 0.2) is 0 Å². The van der Waals surface area contributed by atoms with E-state index in [0.717, 1.165) is 37.0 Å². The van der Waals surface area contributed by atoms with Crippen LogP contribution in [0.5, 0.6) is 0 Å². The molecule has 0 unspecified atom stereocenters. The SMILES string of the molecule is CCc1ccccc1NC(=O)CN(CCN1CCOCC1)S(C)(=O)=O. The number of aryl methyl sites for hydroxylation is 1. The van der Waals surface area contributed by atoms with Gasteiger partial charge in [0.2, 0.25) is 15.9 Å². The lowest BCUT2D eigenvalue weighted by atomic mass is 10.1. The van der Waals surface area contributed by atoms with Crippen molar-refractivity contribution in [2.75, 3.05) is 57.5 Å². The van der Waals surface area contributed by atoms with E-state index in [9.17, 15) is 13.2 Å². The van der Waals surface area contributed by atoms with Crippen LogP contribution in [0.25, 0.3) is 0 Å². The Morgan fingerprint density at radius 1 is 1.28 bits per heavy atom. The maximum Gasteiger partial charge on any atom is 0.239 e. The Morgan fingerprint density at radius 2 is 1.96 bits per heavy atom. The zero-order valence-corrected chi connectivity index (χ0v) is 15.7. The topological polar surface area (TPSA) is 79.0 Å². The molecule has 1 amide bonds. The highest BCUT2D eigenvalue weighted by atomic mass is 32.2. The Bertz CT molecular complexity index is 672. The third-order valence-electron chi connectivity index (χ3n) is 4.23. The van der Waals surface area contributed by atoms with Crippen LogP contribution in [0.4, 0.5) is 5.69 Å². The van der Waals surface area contributed by atoms with Crippen molar-refractivity contribution >= 4 is 21.6 Å². The Morgan fingerprint density at radius 3 is 2.60 bits per heavy atom. The summed E-state index contributed by atoms with van der Waals surface area (Å²) in [6.07, 6.45) is 1.93. The van der Waals surface area contributed by atoms with Crippen LogP contribution in [-0.4, -0.2) is 75.7 Å². The minimum Gasteiger partial charge on any atom is -0.379 e. The first-order valence-corrected chi connectivity index (χ1v) is 10.4. The molecule has 0 aliphatic carbocycles. The number of carbonyl (C=O) groups is 1. The van der Waals surface area contributed by atoms with Gasteiger partial charge in [-0.3, -0.25) is 9.69 Å². The second-order valence-corrected chi connectivity index (χ2v) is 8.09. The van der Waals surface area contributed by atoms with Gasteiger partial charge >= 0.3 is 0 Å². The fraction of sp³-hybridized carbons (Fsp3) is 0.588. The number of hydrogen-bond donors (Lipinski definition) is 1. The molecule has 1 saturated heterocycles. The molecule has 25 heavy (non-hydrogen) atoms. The summed E-state index contributed by atoms with van der Waals surface area (Å²) in [6.45, 7) is 5.61. The van der Waals surface area contributed by atoms with Crippen molar-refractivity contribution < 1.29 is 17.9 Å². The maximum atomic E-state index is 12.3. The van der Waals surface area contributed by atoms with E-state index < -0.39 is 10.0 Å². The predicted molar refractivity (Wildman–Crippen MR) is 98.1 cm³/mol. The van der Waals surface area contributed by atoms with Gasteiger partial charge in [0.05, 0.1) is 26.0 Å². The fourth-order valence-corrected chi connectivity index (χ4v) is 3.51. The van der Waals surface area contributed by atoms with Crippen molar-refractivity contribution in [1.29, 1.82) is 0 Å². The second kappa shape index (κ2) is 9.28. The Labute approximate surface area is 150 Å². The summed E-state index contributed by atoms with van der Waals surface area (Å²) in [6, 6.07) is 7.54. The van der Waals surface area contributed by atoms with E-state index in [2.05, 4.69) is 10.2 Å². The van der Waals surface area contributed by atoms with Crippen molar-refractivity contribution in [2.45, 2.75) is 13.3 Å². The minimum absolute atomic E-state index is 0.179. The van der Waals surface area contributed by atoms with Crippen LogP contribution in [0, 0.1) is 0 Å². The van der Waals surface area contributed by atoms with E-state index in [1.807, 2.05) is 31.2 Å². The molecule has 1 aliphatic heterocycles. The highest BCUT2D eigenvalue weighted by Gasteiger charge is 2.22. The summed E-state index contributed by atoms with van der Waals surface area (Å²) in [4.78, 5) is 14.5. The average molecular weight is 369 g/mol. The lowest BCUT2D eigenvalue weighted by molar-refractivity contribution is -0.116. The number of amides is 1. The molecule has 1 aromatic rings. The molecule has 0 bridgehead atoms. The zero-order chi connectivity index (χ0) is 18.3. The molecule has 0 spiro atoms. The Hall–Kier alpha value is -1.48. The largest absolute Gasteiger partial charge is 0.379 e. The Balaban J connectivity index is 1.95. The summed E-state index contributed by atoms with van der Waals surface area (Å²) in [7, 11) is -3.45. The smallest absolute Gasteiger partial charge is 0.239 e. The molecular formula is C17H27N3O4S. The van der Waals surface area contributed by atoms with Gasteiger partial charge in [-0.1, -0.05) is 25.1 Å². The first-order valence-electron chi connectivity index (χ1n) is 8.53. The number of hydrogen-bond acceptors (Lipinski definition) is 5. The molecule has 0 radical (unpaired) electrons. The number of rotatable bonds is 8. The number of benzene rings is 1. The van der Waals surface area contributed by atoms with E-state index >= 15 is 0 Å². The van der Waals surface area contributed by atoms with Gasteiger partial charge in [0.1, 0.15) is 0 Å². The molecule has 0 atom stereocenters. The fourth-order valence-electron chi connectivity index (χ4n) is 2.74. The molecule has 2 rings (SSSR count). The number of nitrogens with zero attached hydrogens (tertiary/aromatic N) is 2. The first-order chi connectivity index (χ1) is 11.9. The third kappa shape index (κ3) is 6.39. The Kier molecular flexibility index (Phi) is 7.37. The van der Waals surface area contributed by atoms with Crippen molar-refractivity contribution in [3.63, 3.8) is 0 Å². The summed E-state index contributed by atoms with van der Waals surface area (Å²) in [5.74, 6) is -0.326. The summed E-state index contributed by atoms with van der Waals surface area (Å²) < 4.78 is 30.6. The molecule has 1 fully saturated rings. The molecule has 0 saturated carbocycles. The lowest BCUT2D eigenvalue weighted by Gasteiger charge is -2.29. The van der Waals surface area contributed by atoms with Crippen LogP contribution < -0.4 is 5.32 Å². The zero-order valence-electron chi connectivity index (χ0n) is 14.9. The standard InChI is InChI=1S/C17H27N3O4S/c1-3-15-6-4-5-7-16(15)18-17(21)14-20(25(2,22)23)9-8-19-10-12-24-13-11-19/h4-7H,3,8-14H2,1-2H3,(H,18,21). The van der Waals surface area contributed by atoms with E-state index in [0.29, 0.717) is 26.3 Å². The normalized spacial score (nSPS) is 16.1. The van der Waals surface area contributed by atoms with Crippen LogP contribution in [0.2, 0.25) is 0 Å². The van der Waals surface area contributed by atoms with E-state index in [4.69, 9.17) is 4.74 Å². The predicted octanol–water partition coefficient (Wildman–Crippen LogP) is 0.781. The molecule has 1 N–H and O–H groups in total. The maximum absolute atomic E-state index is 12.3. The van der Waals surface area contributed by atoms with Crippen LogP contribution in [0.15, 0.2) is 24.3 Å². The molecule has 1 aromatic carbocycles. The number of morpholine rings is 1. The number of nitrogens with one attached hydrogen (secondary N) is 1. The molecule has 1 heterocycles.